The van der Waals surface area contributed by atoms with E-state index in [1.165, 1.54) is 0 Å². The Hall–Kier alpha value is -1.11. The first kappa shape index (κ1) is 13.3. The van der Waals surface area contributed by atoms with Crippen molar-refractivity contribution in [1.82, 2.24) is 4.72 Å². The molecule has 1 saturated carbocycles. The van der Waals surface area contributed by atoms with E-state index in [0.29, 0.717) is 24.1 Å². The summed E-state index contributed by atoms with van der Waals surface area (Å²) in [5.41, 5.74) is 7.09. The fraction of sp³-hybridized carbons (Fsp3) is 0.500. The Labute approximate surface area is 107 Å². The molecule has 18 heavy (non-hydrogen) atoms. The molecular formula is C12H18N2O3S. The minimum Gasteiger partial charge on any atom is -0.398 e. The van der Waals surface area contributed by atoms with Gasteiger partial charge in [-0.15, -0.1) is 0 Å². The Bertz CT molecular complexity index is 577. The average molecular weight is 270 g/mol. The maximum atomic E-state index is 12.3. The predicted octanol–water partition coefficient (Wildman–Crippen LogP) is 0.689. The topological polar surface area (TPSA) is 92.4 Å². The molecule has 2 rings (SSSR count). The molecule has 5 nitrogen and oxygen atoms in total. The number of nitrogen functional groups attached to an aromatic ring is 1. The number of sulfonamides is 1. The van der Waals surface area contributed by atoms with Crippen LogP contribution in [-0.4, -0.2) is 25.7 Å². The van der Waals surface area contributed by atoms with Crippen LogP contribution in [0.3, 0.4) is 0 Å². The lowest BCUT2D eigenvalue weighted by molar-refractivity contribution is 0.246. The second kappa shape index (κ2) is 4.22. The van der Waals surface area contributed by atoms with Crippen molar-refractivity contribution in [3.63, 3.8) is 0 Å². The van der Waals surface area contributed by atoms with E-state index in [9.17, 15) is 13.5 Å². The normalized spacial score (nSPS) is 17.7. The molecule has 0 aliphatic heterocycles. The van der Waals surface area contributed by atoms with E-state index in [1.807, 2.05) is 6.92 Å². The molecule has 1 aromatic carbocycles. The minimum absolute atomic E-state index is 0.174. The Kier molecular flexibility index (Phi) is 3.12. The molecule has 100 valence electrons. The Morgan fingerprint density at radius 2 is 2.00 bits per heavy atom. The molecule has 1 aromatic rings. The summed E-state index contributed by atoms with van der Waals surface area (Å²) in [5.74, 6) is 0. The summed E-state index contributed by atoms with van der Waals surface area (Å²) in [7, 11) is -3.63. The van der Waals surface area contributed by atoms with Gasteiger partial charge in [0.1, 0.15) is 0 Å². The third-order valence-corrected chi connectivity index (χ3v) is 5.20. The monoisotopic (exact) mass is 270 g/mol. The molecular weight excluding hydrogens is 252 g/mol. The van der Waals surface area contributed by atoms with Gasteiger partial charge in [0.05, 0.1) is 17.0 Å². The van der Waals surface area contributed by atoms with E-state index in [-0.39, 0.29) is 11.5 Å². The van der Waals surface area contributed by atoms with Gasteiger partial charge in [0.25, 0.3) is 0 Å². The van der Waals surface area contributed by atoms with Crippen LogP contribution in [0.2, 0.25) is 0 Å². The molecule has 0 atom stereocenters. The Balaban J connectivity index is 2.39. The molecule has 6 heteroatoms. The van der Waals surface area contributed by atoms with Crippen LogP contribution in [-0.2, 0) is 10.0 Å². The van der Waals surface area contributed by atoms with Crippen LogP contribution in [0.5, 0.6) is 0 Å². The van der Waals surface area contributed by atoms with Gasteiger partial charge in [0.15, 0.2) is 0 Å². The number of nitrogens with one attached hydrogen (secondary N) is 1. The van der Waals surface area contributed by atoms with Crippen molar-refractivity contribution >= 4 is 15.7 Å². The van der Waals surface area contributed by atoms with E-state index >= 15 is 0 Å². The highest BCUT2D eigenvalue weighted by Crippen LogP contribution is 2.37. The minimum atomic E-state index is -3.63. The second-order valence-corrected chi connectivity index (χ2v) is 6.61. The third kappa shape index (κ3) is 2.23. The predicted molar refractivity (Wildman–Crippen MR) is 69.7 cm³/mol. The maximum Gasteiger partial charge on any atom is 0.241 e. The molecule has 0 bridgehead atoms. The molecule has 0 saturated heterocycles. The van der Waals surface area contributed by atoms with Gasteiger partial charge in [-0.3, -0.25) is 0 Å². The quantitative estimate of drug-likeness (QED) is 0.702. The molecule has 0 heterocycles. The van der Waals surface area contributed by atoms with E-state index < -0.39 is 15.6 Å². The largest absolute Gasteiger partial charge is 0.398 e. The molecule has 0 unspecified atom stereocenters. The molecule has 4 N–H and O–H groups in total. The zero-order valence-corrected chi connectivity index (χ0v) is 11.3. The van der Waals surface area contributed by atoms with Crippen molar-refractivity contribution in [3.8, 4) is 0 Å². The zero-order chi connectivity index (χ0) is 13.6. The Morgan fingerprint density at radius 1 is 1.39 bits per heavy atom. The molecule has 1 fully saturated rings. The van der Waals surface area contributed by atoms with Crippen molar-refractivity contribution in [3.05, 3.63) is 23.3 Å². The van der Waals surface area contributed by atoms with Gasteiger partial charge in [-0.05, 0) is 43.9 Å². The highest BCUT2D eigenvalue weighted by atomic mass is 32.2. The van der Waals surface area contributed by atoms with Crippen LogP contribution < -0.4 is 10.5 Å². The number of aliphatic hydroxyl groups excluding tert-OH is 1. The molecule has 0 spiro atoms. The van der Waals surface area contributed by atoms with Gasteiger partial charge in [-0.1, -0.05) is 6.07 Å². The lowest BCUT2D eigenvalue weighted by Gasteiger charge is -2.17. The van der Waals surface area contributed by atoms with Crippen molar-refractivity contribution in [1.29, 1.82) is 0 Å². The van der Waals surface area contributed by atoms with E-state index in [1.54, 1.807) is 19.1 Å². The summed E-state index contributed by atoms with van der Waals surface area (Å²) in [6.45, 7) is 3.35. The molecule has 1 aliphatic rings. The summed E-state index contributed by atoms with van der Waals surface area (Å²) in [4.78, 5) is 0.185. The van der Waals surface area contributed by atoms with Crippen LogP contribution >= 0.6 is 0 Å². The van der Waals surface area contributed by atoms with Crippen molar-refractivity contribution in [2.75, 3.05) is 12.3 Å². The summed E-state index contributed by atoms with van der Waals surface area (Å²) in [6, 6.07) is 3.24. The maximum absolute atomic E-state index is 12.3. The number of aryl methyl sites for hydroxylation is 1. The zero-order valence-electron chi connectivity index (χ0n) is 10.5. The van der Waals surface area contributed by atoms with Crippen LogP contribution in [0.25, 0.3) is 0 Å². The van der Waals surface area contributed by atoms with Gasteiger partial charge in [0.2, 0.25) is 10.0 Å². The van der Waals surface area contributed by atoms with Gasteiger partial charge in [-0.2, -0.15) is 0 Å². The summed E-state index contributed by atoms with van der Waals surface area (Å²) in [6.07, 6.45) is 1.34. The van der Waals surface area contributed by atoms with Crippen molar-refractivity contribution in [2.45, 2.75) is 37.1 Å². The lowest BCUT2D eigenvalue weighted by atomic mass is 10.1. The van der Waals surface area contributed by atoms with Crippen LogP contribution in [0.15, 0.2) is 17.0 Å². The highest BCUT2D eigenvalue weighted by molar-refractivity contribution is 7.89. The number of hydrogen-bond donors (Lipinski definition) is 3. The average Bonchev–Trinajstić information content (AvgIpc) is 3.05. The molecule has 0 aromatic heterocycles. The Morgan fingerprint density at radius 3 is 2.50 bits per heavy atom. The second-order valence-electron chi connectivity index (χ2n) is 4.96. The number of hydrogen-bond acceptors (Lipinski definition) is 4. The van der Waals surface area contributed by atoms with Gasteiger partial charge in [0, 0.05) is 5.69 Å². The van der Waals surface area contributed by atoms with E-state index in [0.717, 1.165) is 5.56 Å². The van der Waals surface area contributed by atoms with Gasteiger partial charge < -0.3 is 10.8 Å². The van der Waals surface area contributed by atoms with Crippen molar-refractivity contribution in [2.24, 2.45) is 0 Å². The van der Waals surface area contributed by atoms with Crippen LogP contribution in [0.4, 0.5) is 5.69 Å². The standard InChI is InChI=1S/C12H18N2O3S/c1-8-3-4-10(9(2)11(8)13)18(16,17)14-12(7-15)5-6-12/h3-4,14-15H,5-7,13H2,1-2H3. The summed E-state index contributed by atoms with van der Waals surface area (Å²) < 4.78 is 27.1. The first-order chi connectivity index (χ1) is 8.31. The third-order valence-electron chi connectivity index (χ3n) is 3.48. The SMILES string of the molecule is Cc1ccc(S(=O)(=O)NC2(CO)CC2)c(C)c1N. The van der Waals surface area contributed by atoms with E-state index in [4.69, 9.17) is 5.73 Å². The lowest BCUT2D eigenvalue weighted by Crippen LogP contribution is -2.39. The van der Waals surface area contributed by atoms with Crippen molar-refractivity contribution < 1.29 is 13.5 Å². The molecule has 1 aliphatic carbocycles. The number of aliphatic hydroxyl groups is 1. The first-order valence-corrected chi connectivity index (χ1v) is 7.30. The number of rotatable bonds is 4. The van der Waals surface area contributed by atoms with Crippen LogP contribution in [0, 0.1) is 13.8 Å². The molecule has 0 amide bonds. The number of benzene rings is 1. The first-order valence-electron chi connectivity index (χ1n) is 5.82. The number of anilines is 1. The fourth-order valence-corrected chi connectivity index (χ4v) is 3.63. The van der Waals surface area contributed by atoms with Gasteiger partial charge >= 0.3 is 0 Å². The van der Waals surface area contributed by atoms with Gasteiger partial charge in [-0.25, -0.2) is 13.1 Å². The number of nitrogens with two attached hydrogens (primary N) is 1. The fourth-order valence-electron chi connectivity index (χ4n) is 1.92. The summed E-state index contributed by atoms with van der Waals surface area (Å²) >= 11 is 0. The van der Waals surface area contributed by atoms with Crippen LogP contribution in [0.1, 0.15) is 24.0 Å². The van der Waals surface area contributed by atoms with E-state index in [2.05, 4.69) is 4.72 Å². The smallest absolute Gasteiger partial charge is 0.241 e. The highest BCUT2D eigenvalue weighted by Gasteiger charge is 2.45. The summed E-state index contributed by atoms with van der Waals surface area (Å²) in [5, 5.41) is 9.18. The molecule has 0 radical (unpaired) electrons.